The molecular formula is C31H35BClFN8O4. The van der Waals surface area contributed by atoms with Crippen LogP contribution >= 0.6 is 11.6 Å². The van der Waals surface area contributed by atoms with Crippen LogP contribution in [0.4, 0.5) is 4.39 Å². The van der Waals surface area contributed by atoms with Gasteiger partial charge in [0.1, 0.15) is 11.5 Å². The molecule has 0 bridgehead atoms. The van der Waals surface area contributed by atoms with Gasteiger partial charge in [-0.15, -0.1) is 0 Å². The van der Waals surface area contributed by atoms with Crippen LogP contribution < -0.4 is 10.8 Å². The first kappa shape index (κ1) is 31.8. The van der Waals surface area contributed by atoms with E-state index in [-0.39, 0.29) is 23.5 Å². The summed E-state index contributed by atoms with van der Waals surface area (Å²) in [4.78, 5) is 26.6. The van der Waals surface area contributed by atoms with Gasteiger partial charge in [-0.3, -0.25) is 13.9 Å². The minimum atomic E-state index is -0.827. The topological polar surface area (TPSA) is 134 Å². The van der Waals surface area contributed by atoms with Gasteiger partial charge < -0.3 is 19.1 Å². The van der Waals surface area contributed by atoms with Gasteiger partial charge >= 0.3 is 7.12 Å². The van der Waals surface area contributed by atoms with Crippen molar-refractivity contribution in [3.63, 3.8) is 0 Å². The summed E-state index contributed by atoms with van der Waals surface area (Å²) in [6.45, 7) is 13.2. The summed E-state index contributed by atoms with van der Waals surface area (Å²) in [5.74, 6) is -0.845. The molecular weight excluding hydrogens is 614 g/mol. The lowest BCUT2D eigenvalue weighted by Crippen LogP contribution is -2.41. The minimum absolute atomic E-state index is 0.0651. The number of fused-ring (bicyclic) bond motifs is 1. The van der Waals surface area contributed by atoms with E-state index >= 15 is 4.39 Å². The predicted octanol–water partition coefficient (Wildman–Crippen LogP) is 4.36. The van der Waals surface area contributed by atoms with Crippen LogP contribution in [0.25, 0.3) is 16.9 Å². The first-order valence-electron chi connectivity index (χ1n) is 14.8. The molecule has 240 valence electrons. The minimum Gasteiger partial charge on any atom is -0.399 e. The number of amides is 1. The van der Waals surface area contributed by atoms with E-state index in [9.17, 15) is 4.79 Å². The van der Waals surface area contributed by atoms with E-state index in [0.717, 1.165) is 11.3 Å². The summed E-state index contributed by atoms with van der Waals surface area (Å²) in [5, 5.41) is 11.1. The monoisotopic (exact) mass is 648 g/mol. The van der Waals surface area contributed by atoms with Gasteiger partial charge in [0.15, 0.2) is 0 Å². The van der Waals surface area contributed by atoms with Crippen LogP contribution in [0.5, 0.6) is 0 Å². The normalized spacial score (nSPS) is 16.0. The van der Waals surface area contributed by atoms with Crippen molar-refractivity contribution in [3.8, 4) is 11.3 Å². The second-order valence-corrected chi connectivity index (χ2v) is 13.6. The third-order valence-electron chi connectivity index (χ3n) is 8.77. The van der Waals surface area contributed by atoms with Crippen LogP contribution in [0.1, 0.15) is 74.9 Å². The van der Waals surface area contributed by atoms with E-state index in [1.165, 1.54) is 0 Å². The highest BCUT2D eigenvalue weighted by molar-refractivity contribution is 6.62. The van der Waals surface area contributed by atoms with E-state index < -0.39 is 35.5 Å². The average molecular weight is 649 g/mol. The molecule has 1 saturated heterocycles. The highest BCUT2D eigenvalue weighted by Crippen LogP contribution is 2.37. The Balaban J connectivity index is 1.12. The summed E-state index contributed by atoms with van der Waals surface area (Å²) in [6.07, 6.45) is 5.79. The smallest absolute Gasteiger partial charge is 0.399 e. The Labute approximate surface area is 270 Å². The zero-order valence-electron chi connectivity index (χ0n) is 27.0. The first-order valence-corrected chi connectivity index (χ1v) is 15.2. The van der Waals surface area contributed by atoms with E-state index in [4.69, 9.17) is 30.4 Å². The fourth-order valence-electron chi connectivity index (χ4n) is 5.25. The second kappa shape index (κ2) is 11.3. The Morgan fingerprint density at radius 2 is 1.83 bits per heavy atom. The molecule has 4 aromatic heterocycles. The molecule has 0 atom stereocenters. The number of carbonyl (C=O) groups excluding carboxylic acids is 1. The first-order chi connectivity index (χ1) is 21.5. The molecule has 1 aliphatic rings. The predicted molar refractivity (Wildman–Crippen MR) is 169 cm³/mol. The maximum atomic E-state index is 15.4. The molecule has 0 radical (unpaired) electrons. The number of benzene rings is 1. The van der Waals surface area contributed by atoms with Crippen LogP contribution in [0.15, 0.2) is 41.3 Å². The van der Waals surface area contributed by atoms with Gasteiger partial charge in [0.25, 0.3) is 11.7 Å². The van der Waals surface area contributed by atoms with E-state index in [2.05, 4.69) is 25.5 Å². The molecule has 1 fully saturated rings. The lowest BCUT2D eigenvalue weighted by Gasteiger charge is -2.32. The van der Waals surface area contributed by atoms with Crippen molar-refractivity contribution in [3.05, 3.63) is 76.4 Å². The number of rotatable bonds is 8. The highest BCUT2D eigenvalue weighted by Gasteiger charge is 2.52. The molecule has 5 aromatic rings. The fraction of sp³-hybridized carbons (Fsp3) is 0.419. The van der Waals surface area contributed by atoms with Crippen LogP contribution in [-0.4, -0.2) is 58.5 Å². The molecule has 0 aliphatic carbocycles. The van der Waals surface area contributed by atoms with Crippen LogP contribution in [0.2, 0.25) is 5.28 Å². The number of aromatic nitrogens is 7. The molecule has 6 rings (SSSR count). The largest absolute Gasteiger partial charge is 0.497 e. The van der Waals surface area contributed by atoms with Crippen molar-refractivity contribution in [2.45, 2.75) is 78.0 Å². The van der Waals surface area contributed by atoms with Gasteiger partial charge in [0, 0.05) is 54.9 Å². The molecule has 15 heteroatoms. The molecule has 0 spiro atoms. The van der Waals surface area contributed by atoms with Crippen molar-refractivity contribution in [2.75, 3.05) is 0 Å². The quantitative estimate of drug-likeness (QED) is 0.192. The Kier molecular flexibility index (Phi) is 7.81. The fourth-order valence-corrected chi connectivity index (χ4v) is 5.48. The van der Waals surface area contributed by atoms with Crippen molar-refractivity contribution in [1.29, 1.82) is 0 Å². The van der Waals surface area contributed by atoms with Gasteiger partial charge in [0.05, 0.1) is 28.8 Å². The standard InChI is InChI=1S/C31H35BClFN8O4/c1-17-18(9-10-21(24(17)34)32-45-30(4,5)31(6,7)46-32)13-35-26(43)25-39-27(44-40-25)29(2,3)12-20-16-42-23(37-20)11-22(38-28(42)33)19-14-36-41(8)15-19/h9-11,14-16H,12-13H2,1-8H3,(H,35,43). The summed E-state index contributed by atoms with van der Waals surface area (Å²) >= 11 is 6.48. The van der Waals surface area contributed by atoms with E-state index in [1.54, 1.807) is 34.3 Å². The highest BCUT2D eigenvalue weighted by atomic mass is 35.5. The number of imidazole rings is 1. The van der Waals surface area contributed by atoms with E-state index in [0.29, 0.717) is 34.4 Å². The molecule has 1 N–H and O–H groups in total. The number of carbonyl (C=O) groups is 1. The average Bonchev–Trinajstić information content (AvgIpc) is 3.75. The SMILES string of the molecule is Cc1c(CNC(=O)c2noc(C(C)(C)Cc3cn4c(Cl)nc(-c5cnn(C)c5)cc4n3)n2)ccc(B2OC(C)(C)C(C)(C)O2)c1F. The van der Waals surface area contributed by atoms with Gasteiger partial charge in [-0.1, -0.05) is 31.1 Å². The zero-order chi connectivity index (χ0) is 33.2. The van der Waals surface area contributed by atoms with E-state index in [1.807, 2.05) is 67.1 Å². The molecule has 5 heterocycles. The number of nitrogens with zero attached hydrogens (tertiary/aromatic N) is 7. The summed E-state index contributed by atoms with van der Waals surface area (Å²) in [5.41, 5.74) is 2.29. The number of hydrogen-bond acceptors (Lipinski definition) is 9. The Morgan fingerprint density at radius 3 is 2.50 bits per heavy atom. The van der Waals surface area contributed by atoms with Crippen molar-refractivity contribution in [2.24, 2.45) is 7.05 Å². The van der Waals surface area contributed by atoms with Gasteiger partial charge in [0.2, 0.25) is 11.2 Å². The van der Waals surface area contributed by atoms with Gasteiger partial charge in [-0.05, 0) is 57.3 Å². The van der Waals surface area contributed by atoms with Crippen LogP contribution in [0.3, 0.4) is 0 Å². The molecule has 1 aliphatic heterocycles. The summed E-state index contributed by atoms with van der Waals surface area (Å²) in [6, 6.07) is 5.22. The molecule has 1 amide bonds. The molecule has 0 saturated carbocycles. The lowest BCUT2D eigenvalue weighted by atomic mass is 9.77. The number of aryl methyl sites for hydroxylation is 1. The second-order valence-electron chi connectivity index (χ2n) is 13.3. The Bertz CT molecular complexity index is 1950. The van der Waals surface area contributed by atoms with Crippen LogP contribution in [0, 0.1) is 12.7 Å². The van der Waals surface area contributed by atoms with Crippen molar-refractivity contribution >= 4 is 35.7 Å². The maximum Gasteiger partial charge on any atom is 0.497 e. The Hall–Kier alpha value is -4.14. The number of nitrogens with one attached hydrogen (secondary N) is 1. The maximum absolute atomic E-state index is 15.4. The Morgan fingerprint density at radius 1 is 1.11 bits per heavy atom. The van der Waals surface area contributed by atoms with Crippen molar-refractivity contribution in [1.82, 2.24) is 39.6 Å². The molecule has 0 unspecified atom stereocenters. The summed E-state index contributed by atoms with van der Waals surface area (Å²) < 4.78 is 36.4. The molecule has 46 heavy (non-hydrogen) atoms. The zero-order valence-corrected chi connectivity index (χ0v) is 27.7. The summed E-state index contributed by atoms with van der Waals surface area (Å²) in [7, 11) is 1.00. The third kappa shape index (κ3) is 5.80. The molecule has 12 nitrogen and oxygen atoms in total. The van der Waals surface area contributed by atoms with Gasteiger partial charge in [-0.2, -0.15) is 10.1 Å². The van der Waals surface area contributed by atoms with Crippen molar-refractivity contribution < 1.29 is 23.0 Å². The van der Waals surface area contributed by atoms with Crippen LogP contribution in [-0.2, 0) is 34.7 Å². The van der Waals surface area contributed by atoms with Gasteiger partial charge in [-0.25, -0.2) is 14.4 Å². The number of hydrogen-bond donors (Lipinski definition) is 1. The third-order valence-corrected chi connectivity index (χ3v) is 9.03. The lowest BCUT2D eigenvalue weighted by molar-refractivity contribution is 0.00578. The number of halogens is 2. The molecule has 1 aromatic carbocycles.